The van der Waals surface area contributed by atoms with E-state index in [0.29, 0.717) is 14.6 Å². The standard InChI is InChI=1S/C7H4ClNO2S/c8-7-5-3-1-2-4-6(5)12(11)9(7)10/h1-4H. The summed E-state index contributed by atoms with van der Waals surface area (Å²) in [5.74, 6) is 0. The van der Waals surface area contributed by atoms with Crippen molar-refractivity contribution in [3.63, 3.8) is 0 Å². The van der Waals surface area contributed by atoms with Crippen LogP contribution in [-0.2, 0) is 11.0 Å². The minimum atomic E-state index is -1.66. The molecular weight excluding hydrogens is 198 g/mol. The molecule has 1 aromatic carbocycles. The molecule has 1 aromatic rings. The molecule has 1 aliphatic rings. The topological polar surface area (TPSA) is 43.1 Å². The van der Waals surface area contributed by atoms with E-state index in [9.17, 15) is 9.42 Å². The molecule has 0 bridgehead atoms. The Kier molecular flexibility index (Phi) is 1.66. The van der Waals surface area contributed by atoms with E-state index in [1.54, 1.807) is 24.3 Å². The summed E-state index contributed by atoms with van der Waals surface area (Å²) in [7, 11) is -1.66. The predicted octanol–water partition coefficient (Wildman–Crippen LogP) is 1.22. The summed E-state index contributed by atoms with van der Waals surface area (Å²) in [5.41, 5.74) is 0.563. The summed E-state index contributed by atoms with van der Waals surface area (Å²) < 4.78 is 11.5. The van der Waals surface area contributed by atoms with E-state index >= 15 is 0 Å². The van der Waals surface area contributed by atoms with Crippen molar-refractivity contribution in [2.75, 3.05) is 0 Å². The molecule has 0 saturated heterocycles. The zero-order valence-corrected chi connectivity index (χ0v) is 7.43. The highest BCUT2D eigenvalue weighted by Gasteiger charge is 2.31. The van der Waals surface area contributed by atoms with E-state index in [2.05, 4.69) is 0 Å². The van der Waals surface area contributed by atoms with Crippen molar-refractivity contribution < 1.29 is 8.35 Å². The number of hydrogen-bond acceptors (Lipinski definition) is 2. The highest BCUT2D eigenvalue weighted by molar-refractivity contribution is 7.79. The van der Waals surface area contributed by atoms with Gasteiger partial charge in [-0.2, -0.15) is 4.21 Å². The summed E-state index contributed by atoms with van der Waals surface area (Å²) in [4.78, 5) is 0.484. The van der Waals surface area contributed by atoms with Gasteiger partial charge in [0, 0.05) is 0 Å². The smallest absolute Gasteiger partial charge is 0.329 e. The predicted molar refractivity (Wildman–Crippen MR) is 46.4 cm³/mol. The third kappa shape index (κ3) is 0.884. The Morgan fingerprint density at radius 3 is 2.75 bits per heavy atom. The van der Waals surface area contributed by atoms with Crippen LogP contribution in [-0.4, -0.2) is 13.5 Å². The van der Waals surface area contributed by atoms with Gasteiger partial charge in [-0.05, 0) is 23.7 Å². The third-order valence-corrected chi connectivity index (χ3v) is 3.28. The van der Waals surface area contributed by atoms with Crippen LogP contribution < -0.4 is 0 Å². The normalized spacial score (nSPS) is 21.2. The lowest BCUT2D eigenvalue weighted by atomic mass is 10.2. The van der Waals surface area contributed by atoms with Gasteiger partial charge < -0.3 is 5.21 Å². The molecule has 0 saturated carbocycles. The summed E-state index contributed by atoms with van der Waals surface area (Å²) in [5, 5.41) is 11.0. The molecule has 3 nitrogen and oxygen atoms in total. The lowest BCUT2D eigenvalue weighted by molar-refractivity contribution is -0.263. The van der Waals surface area contributed by atoms with Crippen molar-refractivity contribution >= 4 is 27.8 Å². The maximum absolute atomic E-state index is 11.2. The molecule has 0 amide bonds. The SMILES string of the molecule is O=S1c2ccccc2C(Cl)=[N+]1[O-]. The Bertz CT molecular complexity index is 402. The van der Waals surface area contributed by atoms with Crippen molar-refractivity contribution in [2.45, 2.75) is 4.90 Å². The molecule has 0 radical (unpaired) electrons. The van der Waals surface area contributed by atoms with Crippen molar-refractivity contribution in [3.05, 3.63) is 35.0 Å². The molecule has 12 heavy (non-hydrogen) atoms. The van der Waals surface area contributed by atoms with Gasteiger partial charge in [-0.25, -0.2) is 0 Å². The summed E-state index contributed by atoms with van der Waals surface area (Å²) in [6, 6.07) is 6.77. The second-order valence-corrected chi connectivity index (χ2v) is 3.92. The van der Waals surface area contributed by atoms with E-state index in [0.717, 1.165) is 0 Å². The first-order chi connectivity index (χ1) is 5.72. The molecule has 0 spiro atoms. The maximum Gasteiger partial charge on any atom is 0.329 e. The number of hydrogen-bond donors (Lipinski definition) is 0. The quantitative estimate of drug-likeness (QED) is 0.468. The van der Waals surface area contributed by atoms with Crippen molar-refractivity contribution in [1.82, 2.24) is 0 Å². The highest BCUT2D eigenvalue weighted by Crippen LogP contribution is 2.23. The lowest BCUT2D eigenvalue weighted by Gasteiger charge is -1.91. The van der Waals surface area contributed by atoms with Crippen LogP contribution in [0, 0.1) is 5.21 Å². The van der Waals surface area contributed by atoms with Crippen LogP contribution >= 0.6 is 11.6 Å². The van der Waals surface area contributed by atoms with Gasteiger partial charge in [0.25, 0.3) is 0 Å². The molecule has 0 fully saturated rings. The van der Waals surface area contributed by atoms with Gasteiger partial charge >= 0.3 is 16.2 Å². The second kappa shape index (κ2) is 2.57. The zero-order valence-electron chi connectivity index (χ0n) is 5.86. The van der Waals surface area contributed by atoms with Crippen LogP contribution in [0.4, 0.5) is 0 Å². The molecule has 0 aromatic heterocycles. The van der Waals surface area contributed by atoms with E-state index in [-0.39, 0.29) is 5.17 Å². The minimum Gasteiger partial charge on any atom is -0.608 e. The molecule has 1 aliphatic heterocycles. The van der Waals surface area contributed by atoms with Crippen LogP contribution in [0.15, 0.2) is 29.2 Å². The summed E-state index contributed by atoms with van der Waals surface area (Å²) in [6.45, 7) is 0. The lowest BCUT2D eigenvalue weighted by Crippen LogP contribution is -2.04. The molecular formula is C7H4ClNO2S. The van der Waals surface area contributed by atoms with Crippen molar-refractivity contribution in [1.29, 1.82) is 0 Å². The van der Waals surface area contributed by atoms with Crippen LogP contribution in [0.3, 0.4) is 0 Å². The van der Waals surface area contributed by atoms with E-state index < -0.39 is 11.0 Å². The first-order valence-electron chi connectivity index (χ1n) is 3.23. The van der Waals surface area contributed by atoms with Gasteiger partial charge in [0.2, 0.25) is 0 Å². The van der Waals surface area contributed by atoms with Gasteiger partial charge in [0.1, 0.15) is 4.90 Å². The molecule has 2 rings (SSSR count). The van der Waals surface area contributed by atoms with Crippen molar-refractivity contribution in [3.8, 4) is 0 Å². The largest absolute Gasteiger partial charge is 0.608 e. The molecule has 0 N–H and O–H groups in total. The Balaban J connectivity index is 2.73. The molecule has 1 atom stereocenters. The van der Waals surface area contributed by atoms with Crippen LogP contribution in [0.2, 0.25) is 0 Å². The van der Waals surface area contributed by atoms with Gasteiger partial charge in [0.15, 0.2) is 0 Å². The number of benzene rings is 1. The molecule has 1 heterocycles. The summed E-state index contributed by atoms with van der Waals surface area (Å²) in [6.07, 6.45) is 0. The van der Waals surface area contributed by atoms with Gasteiger partial charge in [-0.15, -0.1) is 0 Å². The number of halogens is 1. The molecule has 62 valence electrons. The number of nitrogens with zero attached hydrogens (tertiary/aromatic N) is 1. The fourth-order valence-electron chi connectivity index (χ4n) is 1.05. The first-order valence-corrected chi connectivity index (χ1v) is 4.71. The Hall–Kier alpha value is -0.870. The van der Waals surface area contributed by atoms with E-state index in [1.807, 2.05) is 0 Å². The van der Waals surface area contributed by atoms with Crippen LogP contribution in [0.5, 0.6) is 0 Å². The Morgan fingerprint density at radius 2 is 2.08 bits per heavy atom. The molecule has 1 unspecified atom stereocenters. The number of fused-ring (bicyclic) bond motifs is 1. The van der Waals surface area contributed by atoms with E-state index in [4.69, 9.17) is 11.6 Å². The Morgan fingerprint density at radius 1 is 1.42 bits per heavy atom. The fourth-order valence-corrected chi connectivity index (χ4v) is 2.43. The fraction of sp³-hybridized carbons (Fsp3) is 0. The average Bonchev–Trinajstić information content (AvgIpc) is 2.33. The molecule has 0 aliphatic carbocycles. The third-order valence-electron chi connectivity index (χ3n) is 1.61. The average molecular weight is 202 g/mol. The minimum absolute atomic E-state index is 0.00364. The highest BCUT2D eigenvalue weighted by atomic mass is 35.5. The van der Waals surface area contributed by atoms with Crippen molar-refractivity contribution in [2.24, 2.45) is 0 Å². The van der Waals surface area contributed by atoms with E-state index in [1.165, 1.54) is 0 Å². The first kappa shape index (κ1) is 7.76. The second-order valence-electron chi connectivity index (χ2n) is 2.29. The zero-order chi connectivity index (χ0) is 8.72. The molecule has 5 heteroatoms. The maximum atomic E-state index is 11.2. The summed E-state index contributed by atoms with van der Waals surface area (Å²) >= 11 is 5.63. The van der Waals surface area contributed by atoms with Gasteiger partial charge in [-0.1, -0.05) is 16.3 Å². The van der Waals surface area contributed by atoms with Gasteiger partial charge in [0.05, 0.1) is 5.56 Å². The van der Waals surface area contributed by atoms with Crippen LogP contribution in [0.25, 0.3) is 0 Å². The monoisotopic (exact) mass is 201 g/mol. The van der Waals surface area contributed by atoms with Crippen LogP contribution in [0.1, 0.15) is 5.56 Å². The van der Waals surface area contributed by atoms with Gasteiger partial charge in [-0.3, -0.25) is 0 Å². The number of rotatable bonds is 0. The Labute approximate surface area is 76.5 Å².